The molecule has 0 heterocycles. The van der Waals surface area contributed by atoms with E-state index in [1.54, 1.807) is 0 Å². The summed E-state index contributed by atoms with van der Waals surface area (Å²) in [5, 5.41) is 0. The van der Waals surface area contributed by atoms with Crippen molar-refractivity contribution in [1.29, 1.82) is 0 Å². The fraction of sp³-hybridized carbons (Fsp3) is 0.333. The molecule has 0 saturated carbocycles. The molecule has 0 aliphatic carbocycles. The number of hydrogen-bond acceptors (Lipinski definition) is 3. The van der Waals surface area contributed by atoms with Crippen LogP contribution in [0.2, 0.25) is 0 Å². The highest BCUT2D eigenvalue weighted by Crippen LogP contribution is 2.34. The minimum atomic E-state index is 0.625. The van der Waals surface area contributed by atoms with Crippen LogP contribution in [0.5, 0.6) is 17.2 Å². The Morgan fingerprint density at radius 3 is 1.86 bits per heavy atom. The highest BCUT2D eigenvalue weighted by atomic mass is 16.5. The number of ether oxygens (including phenoxy) is 3. The van der Waals surface area contributed by atoms with Crippen LogP contribution >= 0.6 is 0 Å². The average Bonchev–Trinajstić information content (AvgIpc) is 2.50. The Morgan fingerprint density at radius 2 is 1.24 bits per heavy atom. The zero-order valence-corrected chi connectivity index (χ0v) is 12.9. The Morgan fingerprint density at radius 1 is 0.667 bits per heavy atom. The standard InChI is InChI=1S/C18H22O3/c1-4-19-15-9-7-14(8-10-15)17-12-11-16(20-5-2)13-18(17)21-6-3/h7-13H,4-6H2,1-3H3. The Balaban J connectivity index is 2.32. The van der Waals surface area contributed by atoms with Crippen molar-refractivity contribution >= 4 is 0 Å². The van der Waals surface area contributed by atoms with Gasteiger partial charge in [0.05, 0.1) is 19.8 Å². The molecule has 0 atom stereocenters. The van der Waals surface area contributed by atoms with Crippen molar-refractivity contribution in [2.24, 2.45) is 0 Å². The lowest BCUT2D eigenvalue weighted by molar-refractivity contribution is 0.324. The second kappa shape index (κ2) is 7.58. The second-order valence-corrected chi connectivity index (χ2v) is 4.48. The van der Waals surface area contributed by atoms with E-state index in [1.165, 1.54) is 0 Å². The third-order valence-electron chi connectivity index (χ3n) is 3.04. The van der Waals surface area contributed by atoms with Crippen LogP contribution in [-0.4, -0.2) is 19.8 Å². The van der Waals surface area contributed by atoms with Gasteiger partial charge >= 0.3 is 0 Å². The summed E-state index contributed by atoms with van der Waals surface area (Å²) in [6.07, 6.45) is 0. The molecule has 0 aliphatic rings. The van der Waals surface area contributed by atoms with Gasteiger partial charge in [-0.1, -0.05) is 12.1 Å². The summed E-state index contributed by atoms with van der Waals surface area (Å²) in [7, 11) is 0. The van der Waals surface area contributed by atoms with E-state index < -0.39 is 0 Å². The molecule has 3 nitrogen and oxygen atoms in total. The highest BCUT2D eigenvalue weighted by Gasteiger charge is 2.08. The van der Waals surface area contributed by atoms with Gasteiger partial charge in [-0.05, 0) is 50.6 Å². The zero-order chi connectivity index (χ0) is 15.1. The smallest absolute Gasteiger partial charge is 0.130 e. The van der Waals surface area contributed by atoms with Gasteiger partial charge in [-0.15, -0.1) is 0 Å². The molecule has 0 N–H and O–H groups in total. The Kier molecular flexibility index (Phi) is 5.50. The molecule has 2 aromatic carbocycles. The van der Waals surface area contributed by atoms with Crippen molar-refractivity contribution in [1.82, 2.24) is 0 Å². The van der Waals surface area contributed by atoms with Crippen molar-refractivity contribution in [3.63, 3.8) is 0 Å². The predicted octanol–water partition coefficient (Wildman–Crippen LogP) is 4.55. The van der Waals surface area contributed by atoms with Crippen LogP contribution in [0, 0.1) is 0 Å². The Labute approximate surface area is 126 Å². The van der Waals surface area contributed by atoms with Crippen molar-refractivity contribution < 1.29 is 14.2 Å². The largest absolute Gasteiger partial charge is 0.494 e. The molecule has 0 aromatic heterocycles. The Bertz CT molecular complexity index is 561. The van der Waals surface area contributed by atoms with Crippen molar-refractivity contribution in [3.05, 3.63) is 42.5 Å². The van der Waals surface area contributed by atoms with E-state index in [1.807, 2.05) is 63.2 Å². The average molecular weight is 286 g/mol. The summed E-state index contributed by atoms with van der Waals surface area (Å²) >= 11 is 0. The van der Waals surface area contributed by atoms with Gasteiger partial charge < -0.3 is 14.2 Å². The number of rotatable bonds is 7. The first-order valence-electron chi connectivity index (χ1n) is 7.41. The predicted molar refractivity (Wildman–Crippen MR) is 85.4 cm³/mol. The second-order valence-electron chi connectivity index (χ2n) is 4.48. The molecule has 112 valence electrons. The van der Waals surface area contributed by atoms with Gasteiger partial charge in [-0.2, -0.15) is 0 Å². The minimum Gasteiger partial charge on any atom is -0.494 e. The first-order valence-corrected chi connectivity index (χ1v) is 7.41. The van der Waals surface area contributed by atoms with Gasteiger partial charge in [-0.3, -0.25) is 0 Å². The monoisotopic (exact) mass is 286 g/mol. The zero-order valence-electron chi connectivity index (χ0n) is 12.9. The fourth-order valence-electron chi connectivity index (χ4n) is 2.17. The molecule has 0 aliphatic heterocycles. The minimum absolute atomic E-state index is 0.625. The SMILES string of the molecule is CCOc1ccc(-c2ccc(OCC)cc2OCC)cc1. The first-order chi connectivity index (χ1) is 10.3. The molecule has 0 bridgehead atoms. The molecule has 3 heteroatoms. The maximum atomic E-state index is 5.74. The normalized spacial score (nSPS) is 10.2. The van der Waals surface area contributed by atoms with E-state index in [9.17, 15) is 0 Å². The van der Waals surface area contributed by atoms with Crippen LogP contribution in [0.25, 0.3) is 11.1 Å². The lowest BCUT2D eigenvalue weighted by atomic mass is 10.0. The van der Waals surface area contributed by atoms with Crippen LogP contribution in [0.3, 0.4) is 0 Å². The highest BCUT2D eigenvalue weighted by molar-refractivity contribution is 5.72. The topological polar surface area (TPSA) is 27.7 Å². The maximum absolute atomic E-state index is 5.74. The summed E-state index contributed by atoms with van der Waals surface area (Å²) in [5.41, 5.74) is 2.16. The van der Waals surface area contributed by atoms with E-state index in [0.29, 0.717) is 19.8 Å². The summed E-state index contributed by atoms with van der Waals surface area (Å²) in [5.74, 6) is 2.55. The van der Waals surface area contributed by atoms with E-state index in [-0.39, 0.29) is 0 Å². The molecule has 0 radical (unpaired) electrons. The fourth-order valence-corrected chi connectivity index (χ4v) is 2.17. The molecule has 0 fully saturated rings. The van der Waals surface area contributed by atoms with E-state index in [2.05, 4.69) is 0 Å². The number of benzene rings is 2. The molecule has 0 saturated heterocycles. The quantitative estimate of drug-likeness (QED) is 0.747. The lowest BCUT2D eigenvalue weighted by Crippen LogP contribution is -1.97. The first kappa shape index (κ1) is 15.2. The molecule has 2 rings (SSSR count). The summed E-state index contributed by atoms with van der Waals surface area (Å²) < 4.78 is 16.8. The van der Waals surface area contributed by atoms with Crippen LogP contribution in [-0.2, 0) is 0 Å². The lowest BCUT2D eigenvalue weighted by Gasteiger charge is -2.13. The van der Waals surface area contributed by atoms with Crippen LogP contribution < -0.4 is 14.2 Å². The summed E-state index contributed by atoms with van der Waals surface area (Å²) in [6, 6.07) is 14.0. The van der Waals surface area contributed by atoms with Crippen LogP contribution in [0.1, 0.15) is 20.8 Å². The van der Waals surface area contributed by atoms with Crippen LogP contribution in [0.15, 0.2) is 42.5 Å². The Hall–Kier alpha value is -2.16. The molecular formula is C18H22O3. The molecule has 2 aromatic rings. The molecule has 21 heavy (non-hydrogen) atoms. The van der Waals surface area contributed by atoms with Crippen molar-refractivity contribution in [3.8, 4) is 28.4 Å². The van der Waals surface area contributed by atoms with Gasteiger partial charge in [0.15, 0.2) is 0 Å². The van der Waals surface area contributed by atoms with Gasteiger partial charge in [0.2, 0.25) is 0 Å². The molecule has 0 spiro atoms. The third-order valence-corrected chi connectivity index (χ3v) is 3.04. The number of hydrogen-bond donors (Lipinski definition) is 0. The third kappa shape index (κ3) is 3.91. The van der Waals surface area contributed by atoms with Gasteiger partial charge in [0, 0.05) is 11.6 Å². The van der Waals surface area contributed by atoms with Gasteiger partial charge in [0.1, 0.15) is 17.2 Å². The van der Waals surface area contributed by atoms with Crippen molar-refractivity contribution in [2.75, 3.05) is 19.8 Å². The molecular weight excluding hydrogens is 264 g/mol. The van der Waals surface area contributed by atoms with Gasteiger partial charge in [0.25, 0.3) is 0 Å². The summed E-state index contributed by atoms with van der Waals surface area (Å²) in [4.78, 5) is 0. The van der Waals surface area contributed by atoms with Crippen LogP contribution in [0.4, 0.5) is 0 Å². The maximum Gasteiger partial charge on any atom is 0.130 e. The van der Waals surface area contributed by atoms with Gasteiger partial charge in [-0.25, -0.2) is 0 Å². The van der Waals surface area contributed by atoms with E-state index in [4.69, 9.17) is 14.2 Å². The van der Waals surface area contributed by atoms with E-state index in [0.717, 1.165) is 28.4 Å². The summed E-state index contributed by atoms with van der Waals surface area (Å²) in [6.45, 7) is 7.88. The van der Waals surface area contributed by atoms with Crippen molar-refractivity contribution in [2.45, 2.75) is 20.8 Å². The molecule has 0 unspecified atom stereocenters. The van der Waals surface area contributed by atoms with E-state index >= 15 is 0 Å². The molecule has 0 amide bonds.